The van der Waals surface area contributed by atoms with Crippen LogP contribution in [0.25, 0.3) is 0 Å². The summed E-state index contributed by atoms with van der Waals surface area (Å²) in [5.41, 5.74) is 2.40. The molecule has 0 spiro atoms. The molecule has 0 unspecified atom stereocenters. The number of furan rings is 1. The number of rotatable bonds is 7. The zero-order valence-electron chi connectivity index (χ0n) is 18.2. The smallest absolute Gasteiger partial charge is 0.243 e. The van der Waals surface area contributed by atoms with Crippen LogP contribution >= 0.6 is 0 Å². The summed E-state index contributed by atoms with van der Waals surface area (Å²) in [7, 11) is -3.57. The maximum absolute atomic E-state index is 13.2. The second-order valence-electron chi connectivity index (χ2n) is 8.56. The van der Waals surface area contributed by atoms with Gasteiger partial charge in [-0.2, -0.15) is 9.57 Å². The molecule has 2 aliphatic rings. The van der Waals surface area contributed by atoms with Gasteiger partial charge in [0, 0.05) is 25.6 Å². The van der Waals surface area contributed by atoms with Crippen LogP contribution in [0, 0.1) is 17.2 Å². The summed E-state index contributed by atoms with van der Waals surface area (Å²) >= 11 is 0. The monoisotopic (exact) mass is 455 g/mol. The van der Waals surface area contributed by atoms with Crippen molar-refractivity contribution in [3.63, 3.8) is 0 Å². The molecule has 0 atom stereocenters. The Labute approximate surface area is 189 Å². The average Bonchev–Trinajstić information content (AvgIpc) is 3.34. The van der Waals surface area contributed by atoms with E-state index in [1.165, 1.54) is 9.87 Å². The Morgan fingerprint density at radius 3 is 2.59 bits per heavy atom. The number of piperidine rings is 1. The molecule has 2 aromatic rings. The lowest BCUT2D eigenvalue weighted by molar-refractivity contribution is -0.137. The van der Waals surface area contributed by atoms with Crippen molar-refractivity contribution in [3.8, 4) is 6.07 Å². The summed E-state index contributed by atoms with van der Waals surface area (Å²) in [5.74, 6) is 0.379. The fourth-order valence-corrected chi connectivity index (χ4v) is 6.18. The lowest BCUT2D eigenvalue weighted by Gasteiger charge is -2.33. The van der Waals surface area contributed by atoms with Gasteiger partial charge in [-0.3, -0.25) is 4.79 Å². The van der Waals surface area contributed by atoms with Gasteiger partial charge < -0.3 is 9.32 Å². The second kappa shape index (κ2) is 9.88. The normalized spacial score (nSPS) is 17.5. The highest BCUT2D eigenvalue weighted by Crippen LogP contribution is 2.29. The van der Waals surface area contributed by atoms with Gasteiger partial charge >= 0.3 is 0 Å². The summed E-state index contributed by atoms with van der Waals surface area (Å²) in [6.07, 6.45) is 6.97. The number of amides is 1. The van der Waals surface area contributed by atoms with E-state index in [0.29, 0.717) is 49.7 Å². The van der Waals surface area contributed by atoms with Gasteiger partial charge in [-0.25, -0.2) is 8.42 Å². The first-order valence-electron chi connectivity index (χ1n) is 11.3. The number of hydrogen-bond acceptors (Lipinski definition) is 5. The maximum atomic E-state index is 13.2. The van der Waals surface area contributed by atoms with Crippen molar-refractivity contribution in [2.75, 3.05) is 19.6 Å². The molecular weight excluding hydrogens is 426 g/mol. The minimum Gasteiger partial charge on any atom is -0.467 e. The number of fused-ring (bicyclic) bond motifs is 1. The van der Waals surface area contributed by atoms with Crippen molar-refractivity contribution in [1.82, 2.24) is 9.21 Å². The molecule has 1 amide bonds. The van der Waals surface area contributed by atoms with Gasteiger partial charge in [-0.1, -0.05) is 6.07 Å². The molecule has 1 fully saturated rings. The quantitative estimate of drug-likeness (QED) is 0.637. The standard InChI is InChI=1S/C24H29N3O4S/c25-12-4-13-26(18-22-7-3-16-31-22)24(28)20-10-14-27(15-11-20)32(29,30)23-9-8-19-5-1-2-6-21(19)17-23/h3,7-9,16-17,20H,1-2,4-6,10-11,13-15,18H2. The number of aryl methyl sites for hydroxylation is 2. The van der Waals surface area contributed by atoms with Crippen LogP contribution in [0.2, 0.25) is 0 Å². The summed E-state index contributed by atoms with van der Waals surface area (Å²) in [6.45, 7) is 1.30. The SMILES string of the molecule is N#CCCN(Cc1ccco1)C(=O)C1CCN(S(=O)(=O)c2ccc3c(c2)CCCC3)CC1. The van der Waals surface area contributed by atoms with Crippen LogP contribution in [0.3, 0.4) is 0 Å². The average molecular weight is 456 g/mol. The summed E-state index contributed by atoms with van der Waals surface area (Å²) in [5, 5.41) is 8.96. The number of benzene rings is 1. The molecule has 1 saturated heterocycles. The van der Waals surface area contributed by atoms with Crippen LogP contribution < -0.4 is 0 Å². The van der Waals surface area contributed by atoms with Crippen LogP contribution in [0.1, 0.15) is 49.0 Å². The third-order valence-electron chi connectivity index (χ3n) is 6.49. The largest absolute Gasteiger partial charge is 0.467 e. The van der Waals surface area contributed by atoms with E-state index >= 15 is 0 Å². The van der Waals surface area contributed by atoms with E-state index in [0.717, 1.165) is 31.2 Å². The highest BCUT2D eigenvalue weighted by Gasteiger charge is 2.34. The van der Waals surface area contributed by atoms with Crippen molar-refractivity contribution in [2.24, 2.45) is 5.92 Å². The third-order valence-corrected chi connectivity index (χ3v) is 8.39. The van der Waals surface area contributed by atoms with Gasteiger partial charge in [-0.15, -0.1) is 0 Å². The zero-order chi connectivity index (χ0) is 22.6. The van der Waals surface area contributed by atoms with E-state index in [1.54, 1.807) is 29.4 Å². The van der Waals surface area contributed by atoms with E-state index in [2.05, 4.69) is 6.07 Å². The number of nitriles is 1. The number of nitrogens with zero attached hydrogens (tertiary/aromatic N) is 3. The Morgan fingerprint density at radius 2 is 1.91 bits per heavy atom. The highest BCUT2D eigenvalue weighted by molar-refractivity contribution is 7.89. The van der Waals surface area contributed by atoms with Crippen molar-refractivity contribution in [3.05, 3.63) is 53.5 Å². The van der Waals surface area contributed by atoms with Crippen LogP contribution in [0.5, 0.6) is 0 Å². The predicted octanol–water partition coefficient (Wildman–Crippen LogP) is 3.50. The molecule has 0 N–H and O–H groups in total. The van der Waals surface area contributed by atoms with E-state index in [4.69, 9.17) is 9.68 Å². The molecule has 0 saturated carbocycles. The molecule has 0 bridgehead atoms. The molecule has 1 aliphatic carbocycles. The maximum Gasteiger partial charge on any atom is 0.243 e. The number of hydrogen-bond donors (Lipinski definition) is 0. The number of carbonyl (C=O) groups is 1. The molecule has 8 heteroatoms. The Morgan fingerprint density at radius 1 is 1.16 bits per heavy atom. The summed E-state index contributed by atoms with van der Waals surface area (Å²) < 4.78 is 33.3. The van der Waals surface area contributed by atoms with Crippen molar-refractivity contribution >= 4 is 15.9 Å². The van der Waals surface area contributed by atoms with Crippen LogP contribution in [-0.4, -0.2) is 43.2 Å². The van der Waals surface area contributed by atoms with E-state index < -0.39 is 10.0 Å². The minimum absolute atomic E-state index is 0.0394. The fraction of sp³-hybridized carbons (Fsp3) is 0.500. The summed E-state index contributed by atoms with van der Waals surface area (Å²) in [6, 6.07) is 11.2. The Bertz CT molecular complexity index is 1080. The second-order valence-corrected chi connectivity index (χ2v) is 10.5. The lowest BCUT2D eigenvalue weighted by atomic mass is 9.92. The molecule has 1 aromatic heterocycles. The van der Waals surface area contributed by atoms with Gasteiger partial charge in [0.15, 0.2) is 0 Å². The van der Waals surface area contributed by atoms with Crippen molar-refractivity contribution in [2.45, 2.75) is 56.4 Å². The number of sulfonamides is 1. The van der Waals surface area contributed by atoms with E-state index in [9.17, 15) is 13.2 Å². The van der Waals surface area contributed by atoms with Gasteiger partial charge in [0.2, 0.25) is 15.9 Å². The minimum atomic E-state index is -3.57. The first-order chi connectivity index (χ1) is 15.5. The van der Waals surface area contributed by atoms with E-state index in [-0.39, 0.29) is 18.2 Å². The first kappa shape index (κ1) is 22.6. The Hall–Kier alpha value is -2.63. The first-order valence-corrected chi connectivity index (χ1v) is 12.7. The van der Waals surface area contributed by atoms with Gasteiger partial charge in [-0.05, 0) is 73.9 Å². The highest BCUT2D eigenvalue weighted by atomic mass is 32.2. The van der Waals surface area contributed by atoms with Crippen LogP contribution in [0.4, 0.5) is 0 Å². The molecule has 2 heterocycles. The summed E-state index contributed by atoms with van der Waals surface area (Å²) in [4.78, 5) is 15.1. The van der Waals surface area contributed by atoms with Gasteiger partial charge in [0.05, 0.1) is 30.2 Å². The fourth-order valence-electron chi connectivity index (χ4n) is 4.66. The number of carbonyl (C=O) groups excluding carboxylic acids is 1. The topological polar surface area (TPSA) is 94.6 Å². The van der Waals surface area contributed by atoms with Crippen LogP contribution in [0.15, 0.2) is 45.9 Å². The zero-order valence-corrected chi connectivity index (χ0v) is 19.0. The molecule has 7 nitrogen and oxygen atoms in total. The molecular formula is C24H29N3O4S. The predicted molar refractivity (Wildman–Crippen MR) is 119 cm³/mol. The molecule has 170 valence electrons. The molecule has 1 aromatic carbocycles. The van der Waals surface area contributed by atoms with Gasteiger partial charge in [0.1, 0.15) is 5.76 Å². The van der Waals surface area contributed by atoms with Gasteiger partial charge in [0.25, 0.3) is 0 Å². The molecule has 0 radical (unpaired) electrons. The van der Waals surface area contributed by atoms with Crippen molar-refractivity contribution < 1.29 is 17.6 Å². The van der Waals surface area contributed by atoms with Crippen LogP contribution in [-0.2, 0) is 34.2 Å². The molecule has 4 rings (SSSR count). The third kappa shape index (κ3) is 4.89. The van der Waals surface area contributed by atoms with Crippen molar-refractivity contribution in [1.29, 1.82) is 5.26 Å². The van der Waals surface area contributed by atoms with E-state index in [1.807, 2.05) is 12.1 Å². The lowest BCUT2D eigenvalue weighted by Crippen LogP contribution is -2.44. The molecule has 1 aliphatic heterocycles. The Balaban J connectivity index is 1.41. The Kier molecular flexibility index (Phi) is 6.97. The molecule has 32 heavy (non-hydrogen) atoms.